The lowest BCUT2D eigenvalue weighted by Crippen LogP contribution is -2.35. The summed E-state index contributed by atoms with van der Waals surface area (Å²) in [4.78, 5) is 15.2. The fourth-order valence-corrected chi connectivity index (χ4v) is 5.26. The Bertz CT molecular complexity index is 1090. The fraction of sp³-hybridized carbons (Fsp3) is 0.227. The third-order valence-electron chi connectivity index (χ3n) is 5.01. The van der Waals surface area contributed by atoms with Crippen molar-refractivity contribution in [2.24, 2.45) is 0 Å². The molecule has 4 rings (SSSR count). The zero-order chi connectivity index (χ0) is 20.3. The van der Waals surface area contributed by atoms with Gasteiger partial charge in [-0.05, 0) is 53.1 Å². The zero-order valence-corrected chi connectivity index (χ0v) is 17.5. The van der Waals surface area contributed by atoms with E-state index >= 15 is 0 Å². The Balaban J connectivity index is 1.44. The van der Waals surface area contributed by atoms with E-state index in [0.29, 0.717) is 25.2 Å². The van der Waals surface area contributed by atoms with Gasteiger partial charge in [0.25, 0.3) is 5.91 Å². The van der Waals surface area contributed by atoms with E-state index in [9.17, 15) is 13.2 Å². The summed E-state index contributed by atoms with van der Waals surface area (Å²) in [5.41, 5.74) is 3.69. The number of carbonyl (C=O) groups is 1. The topological polar surface area (TPSA) is 66.5 Å². The van der Waals surface area contributed by atoms with Gasteiger partial charge in [0.05, 0.1) is 10.6 Å². The molecule has 150 valence electrons. The van der Waals surface area contributed by atoms with Gasteiger partial charge in [-0.2, -0.15) is 0 Å². The van der Waals surface area contributed by atoms with Gasteiger partial charge in [-0.3, -0.25) is 9.52 Å². The highest BCUT2D eigenvalue weighted by Gasteiger charge is 2.23. The predicted octanol–water partition coefficient (Wildman–Crippen LogP) is 3.93. The summed E-state index contributed by atoms with van der Waals surface area (Å²) in [5.74, 6) is 0.0522. The molecule has 2 aromatic carbocycles. The van der Waals surface area contributed by atoms with E-state index in [1.54, 1.807) is 6.07 Å². The van der Waals surface area contributed by atoms with Crippen LogP contribution in [0.25, 0.3) is 0 Å². The number of hydrogen-bond donors (Lipinski definition) is 1. The first-order chi connectivity index (χ1) is 14.0. The molecule has 0 saturated heterocycles. The molecule has 0 saturated carbocycles. The van der Waals surface area contributed by atoms with Crippen molar-refractivity contribution in [3.05, 3.63) is 87.6 Å². The van der Waals surface area contributed by atoms with Crippen molar-refractivity contribution in [3.63, 3.8) is 0 Å². The van der Waals surface area contributed by atoms with Gasteiger partial charge in [0, 0.05) is 18.8 Å². The first-order valence-electron chi connectivity index (χ1n) is 9.49. The van der Waals surface area contributed by atoms with Crippen molar-refractivity contribution in [2.75, 3.05) is 17.0 Å². The van der Waals surface area contributed by atoms with Gasteiger partial charge >= 0.3 is 0 Å². The minimum atomic E-state index is -3.45. The molecule has 1 aromatic heterocycles. The van der Waals surface area contributed by atoms with Crippen LogP contribution in [0.5, 0.6) is 0 Å². The molecule has 1 aliphatic rings. The maximum Gasteiger partial charge on any atom is 0.264 e. The first kappa shape index (κ1) is 19.7. The van der Waals surface area contributed by atoms with Crippen molar-refractivity contribution in [1.82, 2.24) is 4.90 Å². The highest BCUT2D eigenvalue weighted by molar-refractivity contribution is 7.92. The number of aryl methyl sites for hydroxylation is 1. The van der Waals surface area contributed by atoms with Crippen LogP contribution in [0.1, 0.15) is 26.4 Å². The molecule has 0 radical (unpaired) electrons. The average Bonchev–Trinajstić information content (AvgIpc) is 3.27. The highest BCUT2D eigenvalue weighted by Crippen LogP contribution is 2.25. The summed E-state index contributed by atoms with van der Waals surface area (Å²) < 4.78 is 27.7. The number of nitrogens with one attached hydrogen (secondary N) is 1. The summed E-state index contributed by atoms with van der Waals surface area (Å²) in [6.07, 6.45) is 1.23. The smallest absolute Gasteiger partial charge is 0.264 e. The molecule has 1 amide bonds. The summed E-state index contributed by atoms with van der Waals surface area (Å²) in [6.45, 7) is 1.16. The largest absolute Gasteiger partial charge is 0.333 e. The Morgan fingerprint density at radius 2 is 1.86 bits per heavy atom. The van der Waals surface area contributed by atoms with E-state index in [1.165, 1.54) is 11.3 Å². The molecule has 5 nitrogen and oxygen atoms in total. The van der Waals surface area contributed by atoms with Crippen molar-refractivity contribution in [3.8, 4) is 0 Å². The quantitative estimate of drug-likeness (QED) is 0.649. The van der Waals surface area contributed by atoms with Crippen molar-refractivity contribution >= 4 is 33.0 Å². The lowest BCUT2D eigenvalue weighted by Gasteiger charge is -2.29. The molecule has 0 bridgehead atoms. The Morgan fingerprint density at radius 3 is 2.62 bits per heavy atom. The Morgan fingerprint density at radius 1 is 1.03 bits per heavy atom. The molecule has 7 heteroatoms. The Labute approximate surface area is 175 Å². The van der Waals surface area contributed by atoms with Crippen LogP contribution in [0.3, 0.4) is 0 Å². The van der Waals surface area contributed by atoms with Crippen molar-refractivity contribution < 1.29 is 13.2 Å². The van der Waals surface area contributed by atoms with Gasteiger partial charge in [0.15, 0.2) is 0 Å². The number of anilines is 1. The molecule has 0 spiro atoms. The van der Waals surface area contributed by atoms with Crippen LogP contribution in [-0.4, -0.2) is 31.5 Å². The van der Waals surface area contributed by atoms with E-state index in [2.05, 4.69) is 4.72 Å². The molecule has 3 aromatic rings. The fourth-order valence-electron chi connectivity index (χ4n) is 3.48. The maximum absolute atomic E-state index is 12.6. The lowest BCUT2D eigenvalue weighted by atomic mass is 9.99. The number of benzene rings is 2. The highest BCUT2D eigenvalue weighted by atomic mass is 32.2. The summed E-state index contributed by atoms with van der Waals surface area (Å²) in [5, 5.41) is 1.90. The molecule has 0 atom stereocenters. The van der Waals surface area contributed by atoms with E-state index in [0.717, 1.165) is 28.0 Å². The Hall–Kier alpha value is -2.64. The van der Waals surface area contributed by atoms with Gasteiger partial charge < -0.3 is 4.90 Å². The number of hydrogen-bond acceptors (Lipinski definition) is 4. The molecule has 2 heterocycles. The SMILES string of the molecule is O=C(c1cccs1)N1CCc2ccc(NS(=O)(=O)CCc3ccccc3)cc2C1. The van der Waals surface area contributed by atoms with Crippen LogP contribution in [0.4, 0.5) is 5.69 Å². The minimum absolute atomic E-state index is 0.0249. The maximum atomic E-state index is 12.6. The summed E-state index contributed by atoms with van der Waals surface area (Å²) in [7, 11) is -3.45. The summed E-state index contributed by atoms with van der Waals surface area (Å²) >= 11 is 1.44. The standard InChI is InChI=1S/C22H22N2O3S2/c25-22(21-7-4-13-28-21)24-12-10-18-8-9-20(15-19(18)16-24)23-29(26,27)14-11-17-5-2-1-3-6-17/h1-9,13,15,23H,10-12,14,16H2. The predicted molar refractivity (Wildman–Crippen MR) is 117 cm³/mol. The lowest BCUT2D eigenvalue weighted by molar-refractivity contribution is 0.0739. The summed E-state index contributed by atoms with van der Waals surface area (Å²) in [6, 6.07) is 18.9. The second kappa shape index (κ2) is 8.39. The second-order valence-electron chi connectivity index (χ2n) is 7.09. The van der Waals surface area contributed by atoms with Crippen LogP contribution < -0.4 is 4.72 Å². The normalized spacial score (nSPS) is 13.7. The van der Waals surface area contributed by atoms with Crippen LogP contribution >= 0.6 is 11.3 Å². The third-order valence-corrected chi connectivity index (χ3v) is 7.16. The average molecular weight is 427 g/mol. The van der Waals surface area contributed by atoms with Gasteiger partial charge in [0.2, 0.25) is 10.0 Å². The molecular weight excluding hydrogens is 404 g/mol. The van der Waals surface area contributed by atoms with E-state index < -0.39 is 10.0 Å². The second-order valence-corrected chi connectivity index (χ2v) is 9.88. The zero-order valence-electron chi connectivity index (χ0n) is 15.9. The number of amides is 1. The molecule has 29 heavy (non-hydrogen) atoms. The van der Waals surface area contributed by atoms with Crippen molar-refractivity contribution in [1.29, 1.82) is 0 Å². The first-order valence-corrected chi connectivity index (χ1v) is 12.0. The van der Waals surface area contributed by atoms with Crippen molar-refractivity contribution in [2.45, 2.75) is 19.4 Å². The molecule has 0 aliphatic carbocycles. The molecule has 1 N–H and O–H groups in total. The number of fused-ring (bicyclic) bond motifs is 1. The molecule has 0 fully saturated rings. The van der Waals surface area contributed by atoms with Crippen LogP contribution in [0.15, 0.2) is 66.0 Å². The van der Waals surface area contributed by atoms with E-state index in [4.69, 9.17) is 0 Å². The van der Waals surface area contributed by atoms with Gasteiger partial charge in [0.1, 0.15) is 0 Å². The van der Waals surface area contributed by atoms with Gasteiger partial charge in [-0.1, -0.05) is 42.5 Å². The van der Waals surface area contributed by atoms with Gasteiger partial charge in [-0.15, -0.1) is 11.3 Å². The Kier molecular flexibility index (Phi) is 5.69. The molecular formula is C22H22N2O3S2. The van der Waals surface area contributed by atoms with E-state index in [-0.39, 0.29) is 11.7 Å². The number of sulfonamides is 1. The number of rotatable bonds is 6. The number of nitrogens with zero attached hydrogens (tertiary/aromatic N) is 1. The monoisotopic (exact) mass is 426 g/mol. The van der Waals surface area contributed by atoms with Gasteiger partial charge in [-0.25, -0.2) is 8.42 Å². The third kappa shape index (κ3) is 4.86. The molecule has 0 unspecified atom stereocenters. The van der Waals surface area contributed by atoms with Crippen LogP contribution in [0, 0.1) is 0 Å². The van der Waals surface area contributed by atoms with E-state index in [1.807, 2.05) is 64.9 Å². The number of carbonyl (C=O) groups excluding carboxylic acids is 1. The number of thiophene rings is 1. The van der Waals surface area contributed by atoms with Crippen LogP contribution in [0.2, 0.25) is 0 Å². The van der Waals surface area contributed by atoms with Crippen LogP contribution in [-0.2, 0) is 29.4 Å². The minimum Gasteiger partial charge on any atom is -0.333 e. The molecule has 1 aliphatic heterocycles.